The zero-order valence-electron chi connectivity index (χ0n) is 10.4. The molecule has 0 aromatic rings. The summed E-state index contributed by atoms with van der Waals surface area (Å²) in [7, 11) is 0. The predicted octanol–water partition coefficient (Wildman–Crippen LogP) is -1.06. The van der Waals surface area contributed by atoms with Gasteiger partial charge in [0.25, 0.3) is 0 Å². The van der Waals surface area contributed by atoms with E-state index in [0.29, 0.717) is 0 Å². The summed E-state index contributed by atoms with van der Waals surface area (Å²) in [6, 6.07) is 0. The highest BCUT2D eigenvalue weighted by molar-refractivity contribution is 5.73. The van der Waals surface area contributed by atoms with E-state index in [1.54, 1.807) is 0 Å². The fourth-order valence-electron chi connectivity index (χ4n) is 1.57. The SMILES string of the molecule is CCC(C)COC1OC(C(=O)O)C(O)C(O)C1O. The number of ether oxygens (including phenoxy) is 2. The zero-order valence-corrected chi connectivity index (χ0v) is 10.4. The maximum atomic E-state index is 10.8. The fraction of sp³-hybridized carbons (Fsp3) is 0.909. The van der Waals surface area contributed by atoms with Gasteiger partial charge in [-0.15, -0.1) is 0 Å². The first kappa shape index (κ1) is 15.3. The topological polar surface area (TPSA) is 116 Å². The summed E-state index contributed by atoms with van der Waals surface area (Å²) < 4.78 is 10.2. The maximum Gasteiger partial charge on any atom is 0.335 e. The average Bonchev–Trinajstić information content (AvgIpc) is 2.34. The number of aliphatic carboxylic acids is 1. The zero-order chi connectivity index (χ0) is 13.9. The maximum absolute atomic E-state index is 10.8. The second kappa shape index (κ2) is 6.44. The molecule has 0 saturated carbocycles. The van der Waals surface area contributed by atoms with Crippen LogP contribution in [0.5, 0.6) is 0 Å². The summed E-state index contributed by atoms with van der Waals surface area (Å²) in [6.45, 7) is 4.16. The van der Waals surface area contributed by atoms with Gasteiger partial charge >= 0.3 is 5.97 Å². The van der Waals surface area contributed by atoms with Crippen LogP contribution in [0.3, 0.4) is 0 Å². The molecule has 1 aliphatic rings. The van der Waals surface area contributed by atoms with Gasteiger partial charge in [0.15, 0.2) is 12.4 Å². The van der Waals surface area contributed by atoms with Gasteiger partial charge in [0.1, 0.15) is 18.3 Å². The van der Waals surface area contributed by atoms with Crippen LogP contribution >= 0.6 is 0 Å². The van der Waals surface area contributed by atoms with Crippen molar-refractivity contribution in [2.24, 2.45) is 5.92 Å². The molecule has 0 bridgehead atoms. The van der Waals surface area contributed by atoms with Gasteiger partial charge in [-0.1, -0.05) is 20.3 Å². The van der Waals surface area contributed by atoms with E-state index in [1.165, 1.54) is 0 Å². The van der Waals surface area contributed by atoms with Crippen molar-refractivity contribution >= 4 is 5.97 Å². The summed E-state index contributed by atoms with van der Waals surface area (Å²) >= 11 is 0. The Hall–Kier alpha value is -0.730. The Balaban J connectivity index is 2.64. The standard InChI is InChI=1S/C11H20O7/c1-3-5(2)4-17-11-8(14)6(12)7(13)9(18-11)10(15)16/h5-9,11-14H,3-4H2,1-2H3,(H,15,16). The van der Waals surface area contributed by atoms with Gasteiger partial charge < -0.3 is 29.9 Å². The Morgan fingerprint density at radius 2 is 1.89 bits per heavy atom. The summed E-state index contributed by atoms with van der Waals surface area (Å²) in [5.41, 5.74) is 0. The van der Waals surface area contributed by atoms with Crippen LogP contribution < -0.4 is 0 Å². The molecule has 6 atom stereocenters. The molecule has 0 aromatic heterocycles. The van der Waals surface area contributed by atoms with Crippen LogP contribution in [0.1, 0.15) is 20.3 Å². The average molecular weight is 264 g/mol. The van der Waals surface area contributed by atoms with E-state index < -0.39 is 36.7 Å². The number of hydrogen-bond acceptors (Lipinski definition) is 6. The normalized spacial score (nSPS) is 38.4. The van der Waals surface area contributed by atoms with Gasteiger partial charge in [-0.25, -0.2) is 4.79 Å². The number of aliphatic hydroxyl groups is 3. The first-order chi connectivity index (χ1) is 8.38. The Bertz CT molecular complexity index is 283. The number of carbonyl (C=O) groups is 1. The minimum Gasteiger partial charge on any atom is -0.479 e. The van der Waals surface area contributed by atoms with Crippen LogP contribution in [0.2, 0.25) is 0 Å². The van der Waals surface area contributed by atoms with Crippen molar-refractivity contribution < 1.29 is 34.7 Å². The van der Waals surface area contributed by atoms with Crippen molar-refractivity contribution in [3.8, 4) is 0 Å². The van der Waals surface area contributed by atoms with Crippen LogP contribution in [0.4, 0.5) is 0 Å². The summed E-state index contributed by atoms with van der Waals surface area (Å²) in [5, 5.41) is 37.4. The molecule has 7 nitrogen and oxygen atoms in total. The van der Waals surface area contributed by atoms with Crippen LogP contribution in [0.15, 0.2) is 0 Å². The Kier molecular flexibility index (Phi) is 5.48. The summed E-state index contributed by atoms with van der Waals surface area (Å²) in [4.78, 5) is 10.8. The number of aliphatic hydroxyl groups excluding tert-OH is 3. The third-order valence-electron chi connectivity index (χ3n) is 3.05. The number of hydrogen-bond donors (Lipinski definition) is 4. The van der Waals surface area contributed by atoms with Crippen LogP contribution in [-0.2, 0) is 14.3 Å². The van der Waals surface area contributed by atoms with E-state index in [2.05, 4.69) is 0 Å². The molecule has 0 aromatic carbocycles. The fourth-order valence-corrected chi connectivity index (χ4v) is 1.57. The molecular weight excluding hydrogens is 244 g/mol. The Morgan fingerprint density at radius 1 is 1.28 bits per heavy atom. The van der Waals surface area contributed by atoms with Crippen molar-refractivity contribution in [1.82, 2.24) is 0 Å². The molecule has 1 saturated heterocycles. The predicted molar refractivity (Wildman–Crippen MR) is 59.7 cm³/mol. The van der Waals surface area contributed by atoms with Crippen molar-refractivity contribution in [3.63, 3.8) is 0 Å². The molecule has 4 N–H and O–H groups in total. The smallest absolute Gasteiger partial charge is 0.335 e. The van der Waals surface area contributed by atoms with Crippen LogP contribution in [0, 0.1) is 5.92 Å². The quantitative estimate of drug-likeness (QED) is 0.500. The van der Waals surface area contributed by atoms with Gasteiger partial charge in [0.05, 0.1) is 6.61 Å². The third-order valence-corrected chi connectivity index (χ3v) is 3.05. The second-order valence-electron chi connectivity index (χ2n) is 4.58. The molecule has 0 amide bonds. The Labute approximate surface area is 105 Å². The monoisotopic (exact) mass is 264 g/mol. The molecule has 1 heterocycles. The van der Waals surface area contributed by atoms with E-state index in [4.69, 9.17) is 14.6 Å². The summed E-state index contributed by atoms with van der Waals surface area (Å²) in [6.07, 6.45) is -6.76. The van der Waals surface area contributed by atoms with Gasteiger partial charge in [-0.05, 0) is 5.92 Å². The second-order valence-corrected chi connectivity index (χ2v) is 4.58. The molecular formula is C11H20O7. The molecule has 18 heavy (non-hydrogen) atoms. The van der Waals surface area contributed by atoms with Gasteiger partial charge in [0.2, 0.25) is 0 Å². The minimum atomic E-state index is -1.68. The molecule has 106 valence electrons. The number of carboxylic acid groups (broad SMARTS) is 1. The van der Waals surface area contributed by atoms with Gasteiger partial charge in [0, 0.05) is 0 Å². The molecule has 0 radical (unpaired) electrons. The lowest BCUT2D eigenvalue weighted by Gasteiger charge is -2.38. The lowest BCUT2D eigenvalue weighted by atomic mass is 9.99. The minimum absolute atomic E-state index is 0.216. The molecule has 1 rings (SSSR count). The van der Waals surface area contributed by atoms with Crippen molar-refractivity contribution in [1.29, 1.82) is 0 Å². The molecule has 0 spiro atoms. The third kappa shape index (κ3) is 3.39. The van der Waals surface area contributed by atoms with Gasteiger partial charge in [-0.2, -0.15) is 0 Å². The largest absolute Gasteiger partial charge is 0.479 e. The summed E-state index contributed by atoms with van der Waals surface area (Å²) in [5.74, 6) is -1.20. The highest BCUT2D eigenvalue weighted by atomic mass is 16.7. The van der Waals surface area contributed by atoms with Crippen molar-refractivity contribution in [3.05, 3.63) is 0 Å². The van der Waals surface area contributed by atoms with E-state index in [9.17, 15) is 20.1 Å². The highest BCUT2D eigenvalue weighted by Crippen LogP contribution is 2.23. The lowest BCUT2D eigenvalue weighted by molar-refractivity contribution is -0.296. The lowest BCUT2D eigenvalue weighted by Crippen LogP contribution is -2.60. The number of carboxylic acids is 1. The van der Waals surface area contributed by atoms with Crippen LogP contribution in [0.25, 0.3) is 0 Å². The van der Waals surface area contributed by atoms with Crippen molar-refractivity contribution in [2.45, 2.75) is 51.0 Å². The first-order valence-electron chi connectivity index (χ1n) is 5.92. The van der Waals surface area contributed by atoms with Gasteiger partial charge in [-0.3, -0.25) is 0 Å². The molecule has 1 fully saturated rings. The molecule has 1 aliphatic heterocycles. The highest BCUT2D eigenvalue weighted by Gasteiger charge is 2.47. The van der Waals surface area contributed by atoms with E-state index in [1.807, 2.05) is 13.8 Å². The van der Waals surface area contributed by atoms with E-state index in [-0.39, 0.29) is 12.5 Å². The first-order valence-corrected chi connectivity index (χ1v) is 5.92. The molecule has 6 unspecified atom stereocenters. The Morgan fingerprint density at radius 3 is 2.39 bits per heavy atom. The van der Waals surface area contributed by atoms with E-state index in [0.717, 1.165) is 6.42 Å². The number of rotatable bonds is 5. The van der Waals surface area contributed by atoms with E-state index >= 15 is 0 Å². The molecule has 7 heteroatoms. The van der Waals surface area contributed by atoms with Crippen molar-refractivity contribution in [2.75, 3.05) is 6.61 Å². The van der Waals surface area contributed by atoms with Crippen LogP contribution in [-0.4, -0.2) is 63.7 Å². The molecule has 0 aliphatic carbocycles.